The van der Waals surface area contributed by atoms with Crippen LogP contribution in [0.25, 0.3) is 5.69 Å². The van der Waals surface area contributed by atoms with Crippen molar-refractivity contribution in [3.63, 3.8) is 0 Å². The lowest BCUT2D eigenvalue weighted by Crippen LogP contribution is -2.61. The second-order valence-electron chi connectivity index (χ2n) is 7.49. The molecule has 1 amide bonds. The number of nitrogens with zero attached hydrogens (tertiary/aromatic N) is 3. The minimum Gasteiger partial charge on any atom is -0.390 e. The van der Waals surface area contributed by atoms with E-state index in [-0.39, 0.29) is 12.3 Å². The number of aliphatic hydroxyl groups is 2. The van der Waals surface area contributed by atoms with Crippen molar-refractivity contribution in [3.8, 4) is 5.69 Å². The molecule has 4 rings (SSSR count). The molecule has 10 heteroatoms. The Kier molecular flexibility index (Phi) is 6.00. The molecular formula is C20H25N5O4S. The predicted octanol–water partition coefficient (Wildman–Crippen LogP) is -0.192. The number of fused-ring (bicyclic) bond motifs is 1. The van der Waals surface area contributed by atoms with E-state index in [0.29, 0.717) is 18.3 Å². The predicted molar refractivity (Wildman–Crippen MR) is 114 cm³/mol. The van der Waals surface area contributed by atoms with Crippen molar-refractivity contribution in [2.24, 2.45) is 5.92 Å². The first-order valence-corrected chi connectivity index (χ1v) is 10.2. The van der Waals surface area contributed by atoms with Crippen LogP contribution in [0.1, 0.15) is 6.42 Å². The van der Waals surface area contributed by atoms with Crippen molar-refractivity contribution in [3.05, 3.63) is 42.7 Å². The standard InChI is InChI=1S/C20H25N5O4S/c1-29-10-8-21-19(28)14-11-15(26)18(27)16-17(14)25(20(30)23-16)13-5-3-12(4-6-13)24-9-2-7-22-24/h2-7,9,14-18,26-27H,8,10-11H2,1H3,(H,21,28)(H,23,30). The molecule has 2 heterocycles. The molecule has 5 atom stereocenters. The average molecular weight is 432 g/mol. The van der Waals surface area contributed by atoms with Crippen LogP contribution in [-0.2, 0) is 9.53 Å². The number of hydrogen-bond donors (Lipinski definition) is 4. The van der Waals surface area contributed by atoms with Gasteiger partial charge in [0, 0.05) is 31.7 Å². The van der Waals surface area contributed by atoms with Crippen molar-refractivity contribution in [1.29, 1.82) is 0 Å². The Bertz CT molecular complexity index is 891. The molecule has 1 aliphatic carbocycles. The lowest BCUT2D eigenvalue weighted by Gasteiger charge is -2.41. The number of rotatable bonds is 6. The number of methoxy groups -OCH3 is 1. The molecule has 1 saturated carbocycles. The molecule has 1 aromatic heterocycles. The van der Waals surface area contributed by atoms with E-state index in [1.54, 1.807) is 18.0 Å². The topological polar surface area (TPSA) is 112 Å². The zero-order valence-corrected chi connectivity index (χ0v) is 17.3. The largest absolute Gasteiger partial charge is 0.390 e. The fraction of sp³-hybridized carbons (Fsp3) is 0.450. The number of nitrogens with one attached hydrogen (secondary N) is 2. The fourth-order valence-corrected chi connectivity index (χ4v) is 4.60. The molecule has 2 fully saturated rings. The smallest absolute Gasteiger partial charge is 0.225 e. The quantitative estimate of drug-likeness (QED) is 0.368. The van der Waals surface area contributed by atoms with Crippen LogP contribution < -0.4 is 15.5 Å². The van der Waals surface area contributed by atoms with Gasteiger partial charge in [-0.1, -0.05) is 0 Å². The summed E-state index contributed by atoms with van der Waals surface area (Å²) in [6.45, 7) is 0.769. The Morgan fingerprint density at radius 1 is 1.33 bits per heavy atom. The number of amides is 1. The number of hydrogen-bond acceptors (Lipinski definition) is 6. The van der Waals surface area contributed by atoms with Crippen LogP contribution in [0.15, 0.2) is 42.7 Å². The molecule has 1 aliphatic heterocycles. The van der Waals surface area contributed by atoms with E-state index in [2.05, 4.69) is 15.7 Å². The molecule has 0 radical (unpaired) electrons. The Labute approximate surface area is 179 Å². The Hall–Kier alpha value is -2.53. The molecule has 0 bridgehead atoms. The number of ether oxygens (including phenoxy) is 1. The highest BCUT2D eigenvalue weighted by atomic mass is 32.1. The molecule has 1 saturated heterocycles. The molecule has 4 N–H and O–H groups in total. The van der Waals surface area contributed by atoms with E-state index in [1.807, 2.05) is 41.4 Å². The zero-order valence-electron chi connectivity index (χ0n) is 16.5. The summed E-state index contributed by atoms with van der Waals surface area (Å²) >= 11 is 5.54. The molecule has 160 valence electrons. The van der Waals surface area contributed by atoms with Crippen LogP contribution in [0, 0.1) is 5.92 Å². The third-order valence-corrected chi connectivity index (χ3v) is 6.00. The van der Waals surface area contributed by atoms with Gasteiger partial charge in [-0.15, -0.1) is 0 Å². The third kappa shape index (κ3) is 3.79. The minimum absolute atomic E-state index is 0.146. The van der Waals surface area contributed by atoms with E-state index in [1.165, 1.54) is 0 Å². The average Bonchev–Trinajstić information content (AvgIpc) is 3.39. The Morgan fingerprint density at radius 2 is 2.07 bits per heavy atom. The number of carbonyl (C=O) groups is 1. The van der Waals surface area contributed by atoms with Crippen molar-refractivity contribution < 1.29 is 19.7 Å². The first kappa shape index (κ1) is 20.7. The summed E-state index contributed by atoms with van der Waals surface area (Å²) in [5, 5.41) is 31.5. The SMILES string of the molecule is COCCNC(=O)C1CC(O)C(O)C2NC(=S)N(c3ccc(-n4cccn4)cc3)C12. The third-order valence-electron chi connectivity index (χ3n) is 5.68. The van der Waals surface area contributed by atoms with Gasteiger partial charge in [0.25, 0.3) is 0 Å². The molecule has 2 aromatic rings. The number of thiocarbonyl (C=S) groups is 1. The van der Waals surface area contributed by atoms with E-state index >= 15 is 0 Å². The van der Waals surface area contributed by atoms with Gasteiger partial charge in [0.1, 0.15) is 6.10 Å². The fourth-order valence-electron chi connectivity index (χ4n) is 4.24. The summed E-state index contributed by atoms with van der Waals surface area (Å²) in [7, 11) is 1.57. The summed E-state index contributed by atoms with van der Waals surface area (Å²) in [6.07, 6.45) is 1.67. The maximum absolute atomic E-state index is 12.9. The van der Waals surface area contributed by atoms with Crippen LogP contribution in [0.5, 0.6) is 0 Å². The number of benzene rings is 1. The number of carbonyl (C=O) groups excluding carboxylic acids is 1. The highest BCUT2D eigenvalue weighted by Gasteiger charge is 2.53. The van der Waals surface area contributed by atoms with Gasteiger partial charge in [0.15, 0.2) is 5.11 Å². The minimum atomic E-state index is -1.02. The van der Waals surface area contributed by atoms with Crippen molar-refractivity contribution in [1.82, 2.24) is 20.4 Å². The highest BCUT2D eigenvalue weighted by molar-refractivity contribution is 7.80. The van der Waals surface area contributed by atoms with Gasteiger partial charge in [-0.3, -0.25) is 4.79 Å². The van der Waals surface area contributed by atoms with Gasteiger partial charge in [0.05, 0.1) is 36.4 Å². The second kappa shape index (κ2) is 8.68. The van der Waals surface area contributed by atoms with Crippen molar-refractivity contribution >= 4 is 28.9 Å². The summed E-state index contributed by atoms with van der Waals surface area (Å²) in [4.78, 5) is 14.8. The van der Waals surface area contributed by atoms with Gasteiger partial charge in [-0.05, 0) is 49.0 Å². The van der Waals surface area contributed by atoms with Crippen LogP contribution in [0.3, 0.4) is 0 Å². The zero-order chi connectivity index (χ0) is 21.3. The lowest BCUT2D eigenvalue weighted by molar-refractivity contribution is -0.131. The molecular weight excluding hydrogens is 406 g/mol. The monoisotopic (exact) mass is 431 g/mol. The molecule has 30 heavy (non-hydrogen) atoms. The summed E-state index contributed by atoms with van der Waals surface area (Å²) in [5.74, 6) is -0.748. The van der Waals surface area contributed by atoms with Gasteiger partial charge < -0.3 is 30.5 Å². The Morgan fingerprint density at radius 3 is 2.73 bits per heavy atom. The normalized spacial score (nSPS) is 28.2. The van der Waals surface area contributed by atoms with Gasteiger partial charge in [0.2, 0.25) is 5.91 Å². The summed E-state index contributed by atoms with van der Waals surface area (Å²) in [5.41, 5.74) is 1.69. The van der Waals surface area contributed by atoms with E-state index in [4.69, 9.17) is 17.0 Å². The van der Waals surface area contributed by atoms with Crippen LogP contribution in [0.2, 0.25) is 0 Å². The second-order valence-corrected chi connectivity index (χ2v) is 7.87. The number of aliphatic hydroxyl groups excluding tert-OH is 2. The maximum atomic E-state index is 12.9. The van der Waals surface area contributed by atoms with Crippen LogP contribution in [-0.4, -0.2) is 75.6 Å². The molecule has 9 nitrogen and oxygen atoms in total. The first-order chi connectivity index (χ1) is 14.5. The maximum Gasteiger partial charge on any atom is 0.225 e. The van der Waals surface area contributed by atoms with Crippen LogP contribution >= 0.6 is 12.2 Å². The van der Waals surface area contributed by atoms with E-state index in [9.17, 15) is 15.0 Å². The highest BCUT2D eigenvalue weighted by Crippen LogP contribution is 2.36. The van der Waals surface area contributed by atoms with Gasteiger partial charge >= 0.3 is 0 Å². The molecule has 5 unspecified atom stereocenters. The number of aromatic nitrogens is 2. The molecule has 1 aromatic carbocycles. The van der Waals surface area contributed by atoms with E-state index in [0.717, 1.165) is 11.4 Å². The summed E-state index contributed by atoms with van der Waals surface area (Å²) in [6, 6.07) is 8.52. The van der Waals surface area contributed by atoms with Crippen molar-refractivity contribution in [2.45, 2.75) is 30.7 Å². The lowest BCUT2D eigenvalue weighted by atomic mass is 9.77. The van der Waals surface area contributed by atoms with Gasteiger partial charge in [-0.25, -0.2) is 4.68 Å². The van der Waals surface area contributed by atoms with Gasteiger partial charge in [-0.2, -0.15) is 5.10 Å². The Balaban J connectivity index is 1.62. The molecule has 2 aliphatic rings. The van der Waals surface area contributed by atoms with Crippen molar-refractivity contribution in [2.75, 3.05) is 25.2 Å². The first-order valence-electron chi connectivity index (χ1n) is 9.84. The van der Waals surface area contributed by atoms with E-state index < -0.39 is 30.2 Å². The summed E-state index contributed by atoms with van der Waals surface area (Å²) < 4.78 is 6.75. The number of anilines is 1. The van der Waals surface area contributed by atoms with Crippen LogP contribution in [0.4, 0.5) is 5.69 Å². The molecule has 0 spiro atoms.